The van der Waals surface area contributed by atoms with Crippen LogP contribution in [0, 0.1) is 18.2 Å². The van der Waals surface area contributed by atoms with Gasteiger partial charge in [0.15, 0.2) is 0 Å². The zero-order valence-corrected chi connectivity index (χ0v) is 14.4. The predicted octanol–water partition coefficient (Wildman–Crippen LogP) is 2.57. The first-order valence-corrected chi connectivity index (χ1v) is 8.43. The van der Waals surface area contributed by atoms with Crippen molar-refractivity contribution in [3.05, 3.63) is 29.1 Å². The van der Waals surface area contributed by atoms with Gasteiger partial charge >= 0.3 is 0 Å². The van der Waals surface area contributed by atoms with Crippen LogP contribution in [-0.4, -0.2) is 21.5 Å². The Labute approximate surface area is 127 Å². The normalized spacial score (nSPS) is 14.2. The van der Waals surface area contributed by atoms with E-state index in [0.717, 1.165) is 0 Å². The van der Waals surface area contributed by atoms with Crippen LogP contribution in [0.3, 0.4) is 0 Å². The van der Waals surface area contributed by atoms with E-state index in [2.05, 4.69) is 10.0 Å². The van der Waals surface area contributed by atoms with E-state index in [1.807, 2.05) is 20.8 Å². The first-order valence-electron chi connectivity index (χ1n) is 6.95. The molecule has 0 aliphatic heterocycles. The van der Waals surface area contributed by atoms with Crippen LogP contribution < -0.4 is 10.0 Å². The van der Waals surface area contributed by atoms with Crippen LogP contribution in [0.5, 0.6) is 0 Å². The summed E-state index contributed by atoms with van der Waals surface area (Å²) in [5.41, 5.74) is 0.523. The first kappa shape index (κ1) is 18.1. The highest BCUT2D eigenvalue weighted by Crippen LogP contribution is 2.24. The highest BCUT2D eigenvalue weighted by molar-refractivity contribution is 7.89. The molecule has 1 aromatic carbocycles. The molecule has 1 unspecified atom stereocenters. The molecule has 0 spiro atoms. The minimum atomic E-state index is -3.75. The molecule has 0 amide bonds. The number of nitrogens with one attached hydrogen (secondary N) is 2. The number of hydrogen-bond acceptors (Lipinski definition) is 3. The monoisotopic (exact) mass is 316 g/mol. The van der Waals surface area contributed by atoms with Crippen molar-refractivity contribution in [2.45, 2.75) is 52.1 Å². The summed E-state index contributed by atoms with van der Waals surface area (Å²) in [4.78, 5) is 0.00356. The Morgan fingerprint density at radius 1 is 1.29 bits per heavy atom. The summed E-state index contributed by atoms with van der Waals surface area (Å²) in [6.45, 7) is 9.55. The Morgan fingerprint density at radius 3 is 2.33 bits per heavy atom. The van der Waals surface area contributed by atoms with Gasteiger partial charge in [-0.1, -0.05) is 20.8 Å². The highest BCUT2D eigenvalue weighted by atomic mass is 32.2. The third-order valence-electron chi connectivity index (χ3n) is 3.66. The molecule has 2 N–H and O–H groups in total. The lowest BCUT2D eigenvalue weighted by Gasteiger charge is -2.28. The van der Waals surface area contributed by atoms with Gasteiger partial charge in [-0.3, -0.25) is 0 Å². The van der Waals surface area contributed by atoms with Gasteiger partial charge < -0.3 is 5.32 Å². The van der Waals surface area contributed by atoms with Gasteiger partial charge in [-0.2, -0.15) is 0 Å². The number of sulfonamides is 1. The van der Waals surface area contributed by atoms with Gasteiger partial charge in [0.2, 0.25) is 10.0 Å². The standard InChI is InChI=1S/C15H25FN2O2S/c1-10-13(16)7-12(9-17-6)8-14(10)21(19,20)18-11(2)15(3,4)5/h7-8,11,17-18H,9H2,1-6H3. The van der Waals surface area contributed by atoms with E-state index in [9.17, 15) is 12.8 Å². The molecular weight excluding hydrogens is 291 g/mol. The van der Waals surface area contributed by atoms with E-state index in [4.69, 9.17) is 0 Å². The molecule has 4 nitrogen and oxygen atoms in total. The molecule has 0 aliphatic rings. The zero-order chi connectivity index (χ0) is 16.4. The second kappa shape index (κ2) is 6.42. The van der Waals surface area contributed by atoms with Gasteiger partial charge in [-0.25, -0.2) is 17.5 Å². The fraction of sp³-hybridized carbons (Fsp3) is 0.600. The maximum Gasteiger partial charge on any atom is 0.241 e. The maximum absolute atomic E-state index is 13.9. The molecule has 0 aromatic heterocycles. The molecule has 1 atom stereocenters. The minimum Gasteiger partial charge on any atom is -0.316 e. The average molecular weight is 316 g/mol. The van der Waals surface area contributed by atoms with Gasteiger partial charge in [-0.15, -0.1) is 0 Å². The van der Waals surface area contributed by atoms with Crippen LogP contribution >= 0.6 is 0 Å². The fourth-order valence-electron chi connectivity index (χ4n) is 1.77. The maximum atomic E-state index is 13.9. The molecule has 0 aliphatic carbocycles. The van der Waals surface area contributed by atoms with Crippen molar-refractivity contribution < 1.29 is 12.8 Å². The summed E-state index contributed by atoms with van der Waals surface area (Å²) in [6, 6.07) is 2.61. The van der Waals surface area contributed by atoms with Crippen molar-refractivity contribution >= 4 is 10.0 Å². The van der Waals surface area contributed by atoms with E-state index in [1.165, 1.54) is 19.1 Å². The first-order chi connectivity index (χ1) is 9.49. The number of halogens is 1. The molecule has 0 saturated heterocycles. The number of rotatable bonds is 5. The minimum absolute atomic E-state index is 0.00356. The van der Waals surface area contributed by atoms with Crippen LogP contribution in [0.4, 0.5) is 4.39 Å². The van der Waals surface area contributed by atoms with Crippen LogP contribution in [-0.2, 0) is 16.6 Å². The van der Waals surface area contributed by atoms with Crippen molar-refractivity contribution in [2.75, 3.05) is 7.05 Å². The van der Waals surface area contributed by atoms with Crippen LogP contribution in [0.15, 0.2) is 17.0 Å². The fourth-order valence-corrected chi connectivity index (χ4v) is 3.52. The molecule has 6 heteroatoms. The van der Waals surface area contributed by atoms with Crippen LogP contribution in [0.1, 0.15) is 38.8 Å². The van der Waals surface area contributed by atoms with Gasteiger partial charge in [0.05, 0.1) is 4.90 Å². The van der Waals surface area contributed by atoms with Gasteiger partial charge in [0, 0.05) is 18.2 Å². The number of hydrogen-bond donors (Lipinski definition) is 2. The van der Waals surface area contributed by atoms with Crippen LogP contribution in [0.25, 0.3) is 0 Å². The molecule has 21 heavy (non-hydrogen) atoms. The van der Waals surface area contributed by atoms with E-state index < -0.39 is 15.8 Å². The molecule has 1 rings (SSSR count). The van der Waals surface area contributed by atoms with Crippen LogP contribution in [0.2, 0.25) is 0 Å². The Kier molecular flexibility index (Phi) is 5.52. The summed E-state index contributed by atoms with van der Waals surface area (Å²) in [7, 11) is -2.03. The second-order valence-corrected chi connectivity index (χ2v) is 8.12. The lowest BCUT2D eigenvalue weighted by molar-refractivity contribution is 0.317. The molecular formula is C15H25FN2O2S. The van der Waals surface area contributed by atoms with Crippen molar-refractivity contribution in [2.24, 2.45) is 5.41 Å². The van der Waals surface area contributed by atoms with E-state index in [-0.39, 0.29) is 21.9 Å². The number of benzene rings is 1. The van der Waals surface area contributed by atoms with Crippen molar-refractivity contribution in [3.8, 4) is 0 Å². The summed E-state index contributed by atoms with van der Waals surface area (Å²) < 4.78 is 41.6. The smallest absolute Gasteiger partial charge is 0.241 e. The third-order valence-corrected chi connectivity index (χ3v) is 5.32. The quantitative estimate of drug-likeness (QED) is 0.878. The van der Waals surface area contributed by atoms with Gasteiger partial charge in [-0.05, 0) is 44.0 Å². The van der Waals surface area contributed by atoms with Gasteiger partial charge in [0.25, 0.3) is 0 Å². The summed E-state index contributed by atoms with van der Waals surface area (Å²) in [6.07, 6.45) is 0. The lowest BCUT2D eigenvalue weighted by atomic mass is 9.89. The molecule has 0 radical (unpaired) electrons. The SMILES string of the molecule is CNCc1cc(F)c(C)c(S(=O)(=O)NC(C)C(C)(C)C)c1. The van der Waals surface area contributed by atoms with Gasteiger partial charge in [0.1, 0.15) is 5.82 Å². The third kappa shape index (κ3) is 4.49. The van der Waals surface area contributed by atoms with E-state index in [0.29, 0.717) is 12.1 Å². The largest absolute Gasteiger partial charge is 0.316 e. The van der Waals surface area contributed by atoms with E-state index in [1.54, 1.807) is 14.0 Å². The molecule has 0 bridgehead atoms. The Morgan fingerprint density at radius 2 is 1.86 bits per heavy atom. The van der Waals surface area contributed by atoms with E-state index >= 15 is 0 Å². The van der Waals surface area contributed by atoms with Crippen molar-refractivity contribution in [1.82, 2.24) is 10.0 Å². The Balaban J connectivity index is 3.25. The topological polar surface area (TPSA) is 58.2 Å². The lowest BCUT2D eigenvalue weighted by Crippen LogP contribution is -2.41. The zero-order valence-electron chi connectivity index (χ0n) is 13.5. The molecule has 0 saturated carbocycles. The summed E-state index contributed by atoms with van der Waals surface area (Å²) in [5.74, 6) is -0.508. The average Bonchev–Trinajstić information content (AvgIpc) is 2.32. The summed E-state index contributed by atoms with van der Waals surface area (Å²) in [5, 5.41) is 2.89. The molecule has 0 heterocycles. The molecule has 120 valence electrons. The molecule has 0 fully saturated rings. The predicted molar refractivity (Wildman–Crippen MR) is 83.1 cm³/mol. The van der Waals surface area contributed by atoms with Crippen molar-refractivity contribution in [1.29, 1.82) is 0 Å². The van der Waals surface area contributed by atoms with Crippen molar-refractivity contribution in [3.63, 3.8) is 0 Å². The highest BCUT2D eigenvalue weighted by Gasteiger charge is 2.27. The second-order valence-electron chi connectivity index (χ2n) is 6.44. The Hall–Kier alpha value is -0.980. The summed E-state index contributed by atoms with van der Waals surface area (Å²) >= 11 is 0. The molecule has 1 aromatic rings. The Bertz CT molecular complexity index is 607.